The number of likely N-dealkylation sites (N-methyl/N-ethyl adjacent to an activating group) is 2. The van der Waals surface area contributed by atoms with Crippen LogP contribution in [0.1, 0.15) is 101 Å². The lowest BCUT2D eigenvalue weighted by atomic mass is 9.96. The summed E-state index contributed by atoms with van der Waals surface area (Å²) in [5, 5.41) is 42.8. The third-order valence-corrected chi connectivity index (χ3v) is 13.6. The lowest BCUT2D eigenvalue weighted by Crippen LogP contribution is -2.44. The highest BCUT2D eigenvalue weighted by atomic mass is 16.5. The predicted octanol–water partition coefficient (Wildman–Crippen LogP) is 6.05. The molecule has 4 aromatic rings. The standard InChI is InChI=1S/2C24H31N3O3/c2*1-15(2)30-23(28)12-17-10-19-18-9-16(13-25)5-6-20(18)27(21(19)11-17)14-22-24(3,29)7-8-26(22)4/h2*5-6,9,15,17,22,29H,7-8,10-12,14H2,1-4H3/t17-,22+,24-;17-,22-,24+/m00/s1. The Morgan fingerprint density at radius 1 is 0.700 bits per heavy atom. The molecule has 12 heteroatoms. The van der Waals surface area contributed by atoms with E-state index in [1.165, 1.54) is 22.5 Å². The average molecular weight is 819 g/mol. The van der Waals surface area contributed by atoms with Crippen molar-refractivity contribution in [3.8, 4) is 12.1 Å². The van der Waals surface area contributed by atoms with Crippen molar-refractivity contribution in [2.45, 2.75) is 141 Å². The van der Waals surface area contributed by atoms with Gasteiger partial charge in [0.05, 0.1) is 58.8 Å². The Hall–Kier alpha value is -4.72. The molecule has 2 aliphatic heterocycles. The fraction of sp³-hybridized carbons (Fsp3) is 0.583. The maximum atomic E-state index is 12.2. The molecule has 0 saturated carbocycles. The van der Waals surface area contributed by atoms with Gasteiger partial charge in [-0.1, -0.05) is 0 Å². The van der Waals surface area contributed by atoms with Gasteiger partial charge in [0, 0.05) is 72.2 Å². The molecule has 2 aromatic carbocycles. The molecule has 60 heavy (non-hydrogen) atoms. The van der Waals surface area contributed by atoms with Crippen molar-refractivity contribution in [3.05, 3.63) is 70.0 Å². The van der Waals surface area contributed by atoms with Gasteiger partial charge < -0.3 is 28.8 Å². The van der Waals surface area contributed by atoms with Crippen molar-refractivity contribution in [2.75, 3.05) is 27.2 Å². The molecular weight excluding hydrogens is 757 g/mol. The second-order valence-corrected chi connectivity index (χ2v) is 19.0. The monoisotopic (exact) mass is 818 g/mol. The largest absolute Gasteiger partial charge is 0.463 e. The zero-order chi connectivity index (χ0) is 43.3. The normalized spacial score (nSPS) is 26.3. The zero-order valence-corrected chi connectivity index (χ0v) is 36.6. The van der Waals surface area contributed by atoms with E-state index in [-0.39, 0.29) is 48.1 Å². The van der Waals surface area contributed by atoms with Crippen LogP contribution in [0.4, 0.5) is 0 Å². The summed E-state index contributed by atoms with van der Waals surface area (Å²) in [7, 11) is 4.13. The van der Waals surface area contributed by atoms with Crippen molar-refractivity contribution in [1.82, 2.24) is 18.9 Å². The number of likely N-dealkylation sites (tertiary alicyclic amines) is 2. The molecule has 4 heterocycles. The van der Waals surface area contributed by atoms with Crippen LogP contribution >= 0.6 is 0 Å². The van der Waals surface area contributed by atoms with E-state index in [0.29, 0.717) is 37.1 Å². The Labute approximate surface area is 354 Å². The number of benzene rings is 2. The third-order valence-electron chi connectivity index (χ3n) is 13.6. The van der Waals surface area contributed by atoms with Gasteiger partial charge in [0.1, 0.15) is 0 Å². The number of esters is 2. The second-order valence-electron chi connectivity index (χ2n) is 19.0. The highest BCUT2D eigenvalue weighted by Gasteiger charge is 2.43. The molecule has 2 saturated heterocycles. The van der Waals surface area contributed by atoms with Gasteiger partial charge in [0.15, 0.2) is 0 Å². The molecule has 12 nitrogen and oxygen atoms in total. The van der Waals surface area contributed by atoms with Crippen LogP contribution in [0.5, 0.6) is 0 Å². The van der Waals surface area contributed by atoms with Gasteiger partial charge >= 0.3 is 11.9 Å². The molecule has 8 rings (SSSR count). The van der Waals surface area contributed by atoms with Gasteiger partial charge in [-0.2, -0.15) is 10.5 Å². The number of ether oxygens (including phenoxy) is 2. The minimum atomic E-state index is -0.732. The zero-order valence-electron chi connectivity index (χ0n) is 36.6. The summed E-state index contributed by atoms with van der Waals surface area (Å²) in [4.78, 5) is 28.9. The second kappa shape index (κ2) is 17.0. The molecule has 2 fully saturated rings. The molecule has 0 amide bonds. The summed E-state index contributed by atoms with van der Waals surface area (Å²) in [5.41, 5.74) is 7.00. The number of hydrogen-bond acceptors (Lipinski definition) is 10. The molecule has 0 radical (unpaired) electrons. The van der Waals surface area contributed by atoms with Crippen LogP contribution in [0.15, 0.2) is 36.4 Å². The topological polar surface area (TPSA) is 157 Å². The number of aliphatic hydroxyl groups is 2. The first-order valence-electron chi connectivity index (χ1n) is 21.7. The fourth-order valence-electron chi connectivity index (χ4n) is 10.5. The van der Waals surface area contributed by atoms with Crippen LogP contribution in [0.2, 0.25) is 0 Å². The van der Waals surface area contributed by atoms with Gasteiger partial charge in [0.2, 0.25) is 0 Å². The third kappa shape index (κ3) is 8.71. The molecule has 320 valence electrons. The molecule has 0 unspecified atom stereocenters. The number of hydrogen-bond donors (Lipinski definition) is 2. The van der Waals surface area contributed by atoms with Crippen molar-refractivity contribution in [3.63, 3.8) is 0 Å². The van der Waals surface area contributed by atoms with E-state index < -0.39 is 11.2 Å². The Bertz CT molecular complexity index is 2190. The van der Waals surface area contributed by atoms with Crippen molar-refractivity contribution in [2.24, 2.45) is 11.8 Å². The first-order chi connectivity index (χ1) is 28.4. The van der Waals surface area contributed by atoms with Crippen LogP contribution in [-0.2, 0) is 57.8 Å². The number of fused-ring (bicyclic) bond motifs is 6. The summed E-state index contributed by atoms with van der Waals surface area (Å²) in [6.07, 6.45) is 5.41. The molecule has 2 aromatic heterocycles. The number of nitrogens with zero attached hydrogens (tertiary/aromatic N) is 6. The summed E-state index contributed by atoms with van der Waals surface area (Å²) in [5.74, 6) is 0.133. The van der Waals surface area contributed by atoms with E-state index in [9.17, 15) is 30.3 Å². The molecule has 2 N–H and O–H groups in total. The van der Waals surface area contributed by atoms with Crippen molar-refractivity contribution in [1.29, 1.82) is 10.5 Å². The minimum absolute atomic E-state index is 0.0257. The predicted molar refractivity (Wildman–Crippen MR) is 230 cm³/mol. The Morgan fingerprint density at radius 3 is 1.40 bits per heavy atom. The number of rotatable bonds is 10. The van der Waals surface area contributed by atoms with E-state index in [1.54, 1.807) is 0 Å². The lowest BCUT2D eigenvalue weighted by molar-refractivity contribution is -0.149. The number of nitriles is 2. The number of carbonyl (C=O) groups excluding carboxylic acids is 2. The number of aromatic nitrogens is 2. The van der Waals surface area contributed by atoms with Gasteiger partial charge in [-0.15, -0.1) is 0 Å². The summed E-state index contributed by atoms with van der Waals surface area (Å²) < 4.78 is 15.4. The maximum Gasteiger partial charge on any atom is 0.306 e. The van der Waals surface area contributed by atoms with Gasteiger partial charge in [-0.25, -0.2) is 0 Å². The highest BCUT2D eigenvalue weighted by Crippen LogP contribution is 2.41. The average Bonchev–Trinajstić information content (AvgIpc) is 4.00. The van der Waals surface area contributed by atoms with E-state index in [4.69, 9.17) is 9.47 Å². The van der Waals surface area contributed by atoms with Crippen molar-refractivity contribution < 1.29 is 29.3 Å². The first kappa shape index (κ1) is 43.4. The summed E-state index contributed by atoms with van der Waals surface area (Å²) >= 11 is 0. The first-order valence-corrected chi connectivity index (χ1v) is 21.7. The molecule has 4 aliphatic rings. The van der Waals surface area contributed by atoms with E-state index in [2.05, 4.69) is 45.2 Å². The molecule has 6 atom stereocenters. The smallest absolute Gasteiger partial charge is 0.306 e. The van der Waals surface area contributed by atoms with Crippen LogP contribution in [0.25, 0.3) is 21.8 Å². The molecule has 2 aliphatic carbocycles. The van der Waals surface area contributed by atoms with E-state index >= 15 is 0 Å². The summed E-state index contributed by atoms with van der Waals surface area (Å²) in [6, 6.07) is 16.3. The summed E-state index contributed by atoms with van der Waals surface area (Å²) in [6.45, 7) is 14.5. The number of carbonyl (C=O) groups is 2. The molecule has 0 bridgehead atoms. The molecule has 0 spiro atoms. The van der Waals surface area contributed by atoms with Crippen LogP contribution in [0.3, 0.4) is 0 Å². The van der Waals surface area contributed by atoms with Gasteiger partial charge in [-0.3, -0.25) is 19.4 Å². The Kier molecular flexibility index (Phi) is 12.3. The maximum absolute atomic E-state index is 12.2. The van der Waals surface area contributed by atoms with E-state index in [1.807, 2.05) is 77.9 Å². The van der Waals surface area contributed by atoms with Gasteiger partial charge in [-0.05, 0) is 154 Å². The quantitative estimate of drug-likeness (QED) is 0.181. The van der Waals surface area contributed by atoms with Crippen molar-refractivity contribution >= 4 is 33.7 Å². The lowest BCUT2D eigenvalue weighted by Gasteiger charge is -2.31. The van der Waals surface area contributed by atoms with Crippen LogP contribution in [-0.4, -0.2) is 104 Å². The SMILES string of the molecule is CC(C)OC(=O)C[C@H]1Cc2c(n(C[C@@H]3N(C)CC[C@@]3(C)O)c3ccc(C#N)cc23)C1.CC(C)OC(=O)C[C@H]1Cc2c(n(C[C@H]3N(C)CC[C@]3(C)O)c3ccc(C#N)cc23)C1. The van der Waals surface area contributed by atoms with Gasteiger partial charge in [0.25, 0.3) is 0 Å². The van der Waals surface area contributed by atoms with E-state index in [0.717, 1.165) is 73.4 Å². The Balaban J connectivity index is 0.000000181. The fourth-order valence-corrected chi connectivity index (χ4v) is 10.5. The highest BCUT2D eigenvalue weighted by molar-refractivity contribution is 5.89. The van der Waals surface area contributed by atoms with Crippen LogP contribution in [0, 0.1) is 34.5 Å². The van der Waals surface area contributed by atoms with Crippen LogP contribution < -0.4 is 0 Å². The minimum Gasteiger partial charge on any atom is -0.463 e. The molecular formula is C48H62N6O6. The Morgan fingerprint density at radius 2 is 1.08 bits per heavy atom.